The highest BCUT2D eigenvalue weighted by molar-refractivity contribution is 6.71. The molecule has 0 aromatic heterocycles. The lowest BCUT2D eigenvalue weighted by molar-refractivity contribution is 0.492. The Morgan fingerprint density at radius 3 is 1.88 bits per heavy atom. The molecule has 1 aromatic carbocycles. The van der Waals surface area contributed by atoms with Crippen LogP contribution in [-0.4, -0.2) is 26.9 Å². The van der Waals surface area contributed by atoms with Gasteiger partial charge in [-0.2, -0.15) is 0 Å². The topological polar surface area (TPSA) is 18.5 Å². The molecule has 0 heterocycles. The zero-order valence-corrected chi connectivity index (χ0v) is 14.5. The fraction of sp³-hybridized carbons (Fsp3) is 0.500. The molecular formula is C12H21O2Si3. The minimum absolute atomic E-state index is 0.853. The summed E-state index contributed by atoms with van der Waals surface area (Å²) in [6.07, 6.45) is 0. The highest BCUT2D eigenvalue weighted by Gasteiger charge is 2.23. The second-order valence-electron chi connectivity index (χ2n) is 6.06. The van der Waals surface area contributed by atoms with E-state index in [1.165, 1.54) is 0 Å². The molecule has 0 amide bonds. The van der Waals surface area contributed by atoms with E-state index in [0.29, 0.717) is 0 Å². The van der Waals surface area contributed by atoms with E-state index in [0.717, 1.165) is 16.7 Å². The lowest BCUT2D eigenvalue weighted by atomic mass is 10.3. The maximum atomic E-state index is 6.10. The van der Waals surface area contributed by atoms with Crippen LogP contribution in [0.3, 0.4) is 0 Å². The highest BCUT2D eigenvalue weighted by atomic mass is 28.4. The summed E-state index contributed by atoms with van der Waals surface area (Å²) in [6.45, 7) is 13.0. The Balaban J connectivity index is 3.09. The first-order chi connectivity index (χ1) is 7.58. The van der Waals surface area contributed by atoms with E-state index < -0.39 is 16.6 Å². The Hall–Kier alpha value is -0.529. The molecule has 1 aromatic rings. The van der Waals surface area contributed by atoms with E-state index >= 15 is 0 Å². The van der Waals surface area contributed by atoms with E-state index in [-0.39, 0.29) is 0 Å². The summed E-state index contributed by atoms with van der Waals surface area (Å²) in [6, 6.07) is 5.95. The SMILES string of the molecule is C[Si](C)(C)Oc1cccc([Si])c1O[Si](C)(C)C. The Kier molecular flexibility index (Phi) is 4.27. The van der Waals surface area contributed by atoms with Crippen LogP contribution in [0.1, 0.15) is 0 Å². The summed E-state index contributed by atoms with van der Waals surface area (Å²) in [5.41, 5.74) is 0. The van der Waals surface area contributed by atoms with Crippen LogP contribution in [0.4, 0.5) is 0 Å². The van der Waals surface area contributed by atoms with Crippen molar-refractivity contribution in [2.24, 2.45) is 0 Å². The molecular weight excluding hydrogens is 260 g/mol. The van der Waals surface area contributed by atoms with Crippen LogP contribution in [0.2, 0.25) is 39.3 Å². The van der Waals surface area contributed by atoms with Crippen molar-refractivity contribution in [2.45, 2.75) is 39.3 Å². The van der Waals surface area contributed by atoms with Gasteiger partial charge < -0.3 is 8.85 Å². The second kappa shape index (κ2) is 4.99. The van der Waals surface area contributed by atoms with Gasteiger partial charge in [0.25, 0.3) is 0 Å². The molecule has 0 unspecified atom stereocenters. The van der Waals surface area contributed by atoms with Gasteiger partial charge in [-0.25, -0.2) is 0 Å². The molecule has 0 N–H and O–H groups in total. The van der Waals surface area contributed by atoms with Gasteiger partial charge in [-0.3, -0.25) is 0 Å². The number of rotatable bonds is 4. The first-order valence-electron chi connectivity index (χ1n) is 5.81. The van der Waals surface area contributed by atoms with E-state index in [9.17, 15) is 0 Å². The second-order valence-corrected chi connectivity index (χ2v) is 15.5. The molecule has 0 saturated carbocycles. The molecule has 93 valence electrons. The number of hydrogen-bond acceptors (Lipinski definition) is 2. The van der Waals surface area contributed by atoms with Gasteiger partial charge in [-0.1, -0.05) is 12.1 Å². The van der Waals surface area contributed by atoms with Crippen molar-refractivity contribution in [1.82, 2.24) is 0 Å². The fourth-order valence-electron chi connectivity index (χ4n) is 1.34. The zero-order valence-electron chi connectivity index (χ0n) is 11.5. The van der Waals surface area contributed by atoms with Crippen molar-refractivity contribution in [3.8, 4) is 11.5 Å². The van der Waals surface area contributed by atoms with Gasteiger partial charge in [0.05, 0.1) is 10.2 Å². The highest BCUT2D eigenvalue weighted by Crippen LogP contribution is 2.29. The van der Waals surface area contributed by atoms with Gasteiger partial charge in [0.15, 0.2) is 0 Å². The first kappa shape index (κ1) is 14.5. The molecule has 1 rings (SSSR count). The normalized spacial score (nSPS) is 12.4. The summed E-state index contributed by atoms with van der Waals surface area (Å²) in [4.78, 5) is 0. The number of benzene rings is 1. The number of hydrogen-bond donors (Lipinski definition) is 0. The van der Waals surface area contributed by atoms with Crippen molar-refractivity contribution in [3.63, 3.8) is 0 Å². The lowest BCUT2D eigenvalue weighted by Gasteiger charge is -2.27. The molecule has 0 saturated heterocycles. The van der Waals surface area contributed by atoms with Crippen molar-refractivity contribution in [3.05, 3.63) is 18.2 Å². The Labute approximate surface area is 110 Å². The minimum Gasteiger partial charge on any atom is -0.542 e. The smallest absolute Gasteiger partial charge is 0.242 e. The maximum absolute atomic E-state index is 6.10. The van der Waals surface area contributed by atoms with E-state index in [2.05, 4.69) is 49.5 Å². The van der Waals surface area contributed by atoms with Gasteiger partial charge in [0.2, 0.25) is 16.6 Å². The van der Waals surface area contributed by atoms with Crippen LogP contribution in [0, 0.1) is 0 Å². The summed E-state index contributed by atoms with van der Waals surface area (Å²) in [7, 11) is 0.348. The molecule has 0 aliphatic heterocycles. The van der Waals surface area contributed by atoms with Crippen LogP contribution < -0.4 is 14.0 Å². The van der Waals surface area contributed by atoms with Crippen LogP contribution in [0.15, 0.2) is 18.2 Å². The Bertz CT molecular complexity index is 392. The average molecular weight is 282 g/mol. The molecule has 2 nitrogen and oxygen atoms in total. The van der Waals surface area contributed by atoms with Gasteiger partial charge in [-0.05, 0) is 50.5 Å². The van der Waals surface area contributed by atoms with Crippen molar-refractivity contribution in [1.29, 1.82) is 0 Å². The quantitative estimate of drug-likeness (QED) is 0.790. The van der Waals surface area contributed by atoms with Crippen LogP contribution in [-0.2, 0) is 0 Å². The van der Waals surface area contributed by atoms with Crippen molar-refractivity contribution < 1.29 is 8.85 Å². The van der Waals surface area contributed by atoms with E-state index in [4.69, 9.17) is 8.85 Å². The maximum Gasteiger partial charge on any atom is 0.242 e. The minimum atomic E-state index is -1.63. The predicted octanol–water partition coefficient (Wildman–Crippen LogP) is 2.91. The molecule has 0 aliphatic rings. The molecule has 5 heteroatoms. The standard InChI is InChI=1S/C12H21O2Si3/c1-16(2,3)13-10-8-7-9-11(15)12(10)14-17(4,5)6/h7-9H,1-6H3. The zero-order chi connectivity index (χ0) is 13.3. The Morgan fingerprint density at radius 1 is 0.882 bits per heavy atom. The van der Waals surface area contributed by atoms with Gasteiger partial charge in [0, 0.05) is 0 Å². The predicted molar refractivity (Wildman–Crippen MR) is 79.8 cm³/mol. The number of para-hydroxylation sites is 1. The largest absolute Gasteiger partial charge is 0.542 e. The molecule has 0 aliphatic carbocycles. The van der Waals surface area contributed by atoms with Gasteiger partial charge >= 0.3 is 0 Å². The summed E-state index contributed by atoms with van der Waals surface area (Å²) < 4.78 is 12.2. The first-order valence-corrected chi connectivity index (χ1v) is 13.1. The summed E-state index contributed by atoms with van der Waals surface area (Å²) >= 11 is 0. The molecule has 0 fully saturated rings. The van der Waals surface area contributed by atoms with E-state index in [1.807, 2.05) is 18.2 Å². The van der Waals surface area contributed by atoms with Gasteiger partial charge in [-0.15, -0.1) is 0 Å². The van der Waals surface area contributed by atoms with Crippen LogP contribution in [0.5, 0.6) is 11.5 Å². The average Bonchev–Trinajstić information content (AvgIpc) is 2.07. The van der Waals surface area contributed by atoms with Crippen molar-refractivity contribution >= 4 is 32.1 Å². The molecule has 17 heavy (non-hydrogen) atoms. The van der Waals surface area contributed by atoms with Crippen LogP contribution >= 0.6 is 0 Å². The monoisotopic (exact) mass is 281 g/mol. The molecule has 0 atom stereocenters. The van der Waals surface area contributed by atoms with Crippen LogP contribution in [0.25, 0.3) is 0 Å². The molecule has 0 spiro atoms. The lowest BCUT2D eigenvalue weighted by Crippen LogP contribution is -2.34. The Morgan fingerprint density at radius 2 is 1.41 bits per heavy atom. The third-order valence-corrected chi connectivity index (χ3v) is 3.85. The molecule has 3 radical (unpaired) electrons. The molecule has 0 bridgehead atoms. The summed E-state index contributed by atoms with van der Waals surface area (Å²) in [5, 5.41) is 0.961. The third kappa shape index (κ3) is 5.10. The van der Waals surface area contributed by atoms with E-state index in [1.54, 1.807) is 0 Å². The fourth-order valence-corrected chi connectivity index (χ4v) is 3.35. The third-order valence-electron chi connectivity index (χ3n) is 1.80. The van der Waals surface area contributed by atoms with Gasteiger partial charge in [0.1, 0.15) is 11.5 Å². The summed E-state index contributed by atoms with van der Waals surface area (Å²) in [5.74, 6) is 1.71. The van der Waals surface area contributed by atoms with Crippen molar-refractivity contribution in [2.75, 3.05) is 0 Å².